The van der Waals surface area contributed by atoms with Crippen molar-refractivity contribution in [2.24, 2.45) is 0 Å². The lowest BCUT2D eigenvalue weighted by Crippen LogP contribution is -2.42. The molecule has 4 heterocycles. The number of likely N-dealkylation sites (N-methyl/N-ethyl adjacent to an activating group) is 1. The van der Waals surface area contributed by atoms with Crippen molar-refractivity contribution in [3.05, 3.63) is 108 Å². The summed E-state index contributed by atoms with van der Waals surface area (Å²) in [5.41, 5.74) is 6.67. The second kappa shape index (κ2) is 13.5. The molecule has 9 heteroatoms. The van der Waals surface area contributed by atoms with Crippen LogP contribution in [0.2, 0.25) is 0 Å². The Bertz CT molecular complexity index is 1930. The summed E-state index contributed by atoms with van der Waals surface area (Å²) in [6.45, 7) is 3.06. The molecule has 1 amide bonds. The summed E-state index contributed by atoms with van der Waals surface area (Å²) in [5.74, 6) is 0.350. The second-order valence-electron chi connectivity index (χ2n) is 13.1. The van der Waals surface area contributed by atoms with Crippen LogP contribution in [0.15, 0.2) is 91.3 Å². The number of anilines is 1. The van der Waals surface area contributed by atoms with Gasteiger partial charge < -0.3 is 29.5 Å². The normalized spacial score (nSPS) is 16.9. The van der Waals surface area contributed by atoms with Crippen molar-refractivity contribution in [2.45, 2.75) is 37.6 Å². The van der Waals surface area contributed by atoms with Gasteiger partial charge in [0.25, 0.3) is 0 Å². The zero-order valence-electron chi connectivity index (χ0n) is 27.4. The molecule has 2 aliphatic rings. The molecule has 48 heavy (non-hydrogen) atoms. The first-order valence-electron chi connectivity index (χ1n) is 16.7. The summed E-state index contributed by atoms with van der Waals surface area (Å²) >= 11 is 0. The summed E-state index contributed by atoms with van der Waals surface area (Å²) in [7, 11) is 3.88. The predicted molar refractivity (Wildman–Crippen MR) is 188 cm³/mol. The monoisotopic (exact) mass is 643 g/mol. The van der Waals surface area contributed by atoms with Crippen molar-refractivity contribution in [3.8, 4) is 22.6 Å². The molecule has 0 bridgehead atoms. The number of carbonyl (C=O) groups excluding carboxylic acids is 1. The van der Waals surface area contributed by atoms with E-state index in [9.17, 15) is 14.7 Å². The third-order valence-corrected chi connectivity index (χ3v) is 9.69. The number of likely N-dealkylation sites (tertiary alicyclic amines) is 1. The van der Waals surface area contributed by atoms with Crippen molar-refractivity contribution in [3.63, 3.8) is 0 Å². The van der Waals surface area contributed by atoms with Gasteiger partial charge in [0, 0.05) is 36.9 Å². The molecule has 0 saturated carbocycles. The van der Waals surface area contributed by atoms with Crippen LogP contribution < -0.4 is 9.64 Å². The molecular weight excluding hydrogens is 602 g/mol. The lowest BCUT2D eigenvalue weighted by atomic mass is 9.84. The SMILES string of the molecule is CN(C)CC(=O)N1CCC(c2ccccc2C2CCCN2c2ccc(-c3ccc(C(=O)O)c(Oc4cnc5[nH]ccc5c4)c3)cc2)CC1. The fourth-order valence-corrected chi connectivity index (χ4v) is 7.31. The zero-order chi connectivity index (χ0) is 33.2. The van der Waals surface area contributed by atoms with Crippen LogP contribution in [0.1, 0.15) is 59.1 Å². The number of piperidine rings is 1. The smallest absolute Gasteiger partial charge is 0.339 e. The standard InChI is InChI=1S/C39H41N5O4/c1-42(2)25-37(45)43-20-16-27(17-21-43)32-6-3-4-7-33(32)35-8-5-19-44(35)30-12-9-26(10-13-30)28-11-14-34(39(46)47)36(23-28)48-31-22-29-15-18-40-38(29)41-24-31/h3-4,6-7,9-15,18,22-24,27,35H,5,8,16-17,19-21,25H2,1-2H3,(H,40,41)(H,46,47). The molecule has 2 aromatic heterocycles. The van der Waals surface area contributed by atoms with Crippen LogP contribution in [0.4, 0.5) is 5.69 Å². The lowest BCUT2D eigenvalue weighted by molar-refractivity contribution is -0.132. The number of pyridine rings is 1. The summed E-state index contributed by atoms with van der Waals surface area (Å²) in [4.78, 5) is 38.6. The van der Waals surface area contributed by atoms with Crippen LogP contribution in [0.3, 0.4) is 0 Å². The highest BCUT2D eigenvalue weighted by Crippen LogP contribution is 2.42. The molecule has 1 atom stereocenters. The van der Waals surface area contributed by atoms with Gasteiger partial charge in [0.2, 0.25) is 5.91 Å². The van der Waals surface area contributed by atoms with E-state index in [1.165, 1.54) is 16.8 Å². The highest BCUT2D eigenvalue weighted by Gasteiger charge is 2.31. The minimum Gasteiger partial charge on any atom is -0.478 e. The van der Waals surface area contributed by atoms with E-state index in [-0.39, 0.29) is 17.2 Å². The van der Waals surface area contributed by atoms with Crippen LogP contribution in [-0.2, 0) is 4.79 Å². The van der Waals surface area contributed by atoms with E-state index < -0.39 is 5.97 Å². The molecule has 3 aromatic carbocycles. The molecule has 2 aliphatic heterocycles. The van der Waals surface area contributed by atoms with Crippen LogP contribution in [0.25, 0.3) is 22.2 Å². The number of aromatic carboxylic acids is 1. The number of ether oxygens (including phenoxy) is 1. The van der Waals surface area contributed by atoms with E-state index in [4.69, 9.17) is 4.74 Å². The van der Waals surface area contributed by atoms with Gasteiger partial charge in [-0.1, -0.05) is 42.5 Å². The van der Waals surface area contributed by atoms with Gasteiger partial charge in [-0.2, -0.15) is 0 Å². The summed E-state index contributed by atoms with van der Waals surface area (Å²) in [5, 5.41) is 10.7. The van der Waals surface area contributed by atoms with Crippen LogP contribution in [0.5, 0.6) is 11.5 Å². The number of nitrogens with one attached hydrogen (secondary N) is 1. The number of carboxylic acid groups (broad SMARTS) is 1. The van der Waals surface area contributed by atoms with Gasteiger partial charge in [-0.15, -0.1) is 0 Å². The quantitative estimate of drug-likeness (QED) is 0.173. The van der Waals surface area contributed by atoms with Gasteiger partial charge >= 0.3 is 5.97 Å². The van der Waals surface area contributed by atoms with Crippen molar-refractivity contribution in [1.29, 1.82) is 0 Å². The zero-order valence-corrected chi connectivity index (χ0v) is 27.4. The Kier molecular flexibility index (Phi) is 8.86. The van der Waals surface area contributed by atoms with Gasteiger partial charge in [0.15, 0.2) is 0 Å². The third kappa shape index (κ3) is 6.51. The van der Waals surface area contributed by atoms with E-state index in [1.807, 2.05) is 42.1 Å². The van der Waals surface area contributed by atoms with E-state index in [0.29, 0.717) is 24.3 Å². The Labute approximate surface area is 280 Å². The highest BCUT2D eigenvalue weighted by atomic mass is 16.5. The maximum absolute atomic E-state index is 12.7. The topological polar surface area (TPSA) is 102 Å². The van der Waals surface area contributed by atoms with Crippen LogP contribution in [0, 0.1) is 0 Å². The minimum atomic E-state index is -1.05. The van der Waals surface area contributed by atoms with Gasteiger partial charge in [-0.25, -0.2) is 9.78 Å². The molecule has 0 spiro atoms. The van der Waals surface area contributed by atoms with E-state index >= 15 is 0 Å². The average Bonchev–Trinajstić information content (AvgIpc) is 3.78. The Morgan fingerprint density at radius 1 is 0.917 bits per heavy atom. The maximum Gasteiger partial charge on any atom is 0.339 e. The van der Waals surface area contributed by atoms with Crippen LogP contribution in [-0.4, -0.2) is 77.0 Å². The van der Waals surface area contributed by atoms with Gasteiger partial charge in [0.1, 0.15) is 22.7 Å². The van der Waals surface area contributed by atoms with E-state index in [2.05, 4.69) is 63.4 Å². The second-order valence-corrected chi connectivity index (χ2v) is 13.1. The van der Waals surface area contributed by atoms with Gasteiger partial charge in [-0.3, -0.25) is 4.79 Å². The number of fused-ring (bicyclic) bond motifs is 1. The van der Waals surface area contributed by atoms with Crippen molar-refractivity contribution in [2.75, 3.05) is 45.2 Å². The first kappa shape index (κ1) is 31.4. The predicted octanol–water partition coefficient (Wildman–Crippen LogP) is 7.33. The van der Waals surface area contributed by atoms with Crippen molar-refractivity contribution >= 4 is 28.6 Å². The molecule has 0 radical (unpaired) electrons. The number of hydrogen-bond acceptors (Lipinski definition) is 6. The molecule has 2 saturated heterocycles. The molecule has 0 aliphatic carbocycles. The third-order valence-electron chi connectivity index (χ3n) is 9.69. The first-order chi connectivity index (χ1) is 23.3. The Morgan fingerprint density at radius 3 is 2.42 bits per heavy atom. The first-order valence-corrected chi connectivity index (χ1v) is 16.7. The van der Waals surface area contributed by atoms with E-state index in [1.54, 1.807) is 24.5 Å². The molecule has 246 valence electrons. The molecule has 9 nitrogen and oxygen atoms in total. The minimum absolute atomic E-state index is 0.0916. The Morgan fingerprint density at radius 2 is 1.67 bits per heavy atom. The lowest BCUT2D eigenvalue weighted by Gasteiger charge is -2.35. The Hall–Kier alpha value is -5.15. The Balaban J connectivity index is 1.09. The summed E-state index contributed by atoms with van der Waals surface area (Å²) in [6.07, 6.45) is 7.59. The summed E-state index contributed by atoms with van der Waals surface area (Å²) in [6, 6.07) is 26.7. The number of aromatic nitrogens is 2. The van der Waals surface area contributed by atoms with Gasteiger partial charge in [0.05, 0.1) is 18.8 Å². The maximum atomic E-state index is 12.7. The largest absolute Gasteiger partial charge is 0.478 e. The van der Waals surface area contributed by atoms with Crippen molar-refractivity contribution < 1.29 is 19.4 Å². The highest BCUT2D eigenvalue weighted by molar-refractivity contribution is 5.92. The fourth-order valence-electron chi connectivity index (χ4n) is 7.31. The number of aromatic amines is 1. The number of amides is 1. The number of rotatable bonds is 9. The number of hydrogen-bond donors (Lipinski definition) is 2. The molecule has 1 unspecified atom stereocenters. The number of carbonyl (C=O) groups is 2. The molecule has 5 aromatic rings. The molecule has 7 rings (SSSR count). The van der Waals surface area contributed by atoms with E-state index in [0.717, 1.165) is 67.5 Å². The van der Waals surface area contributed by atoms with Crippen molar-refractivity contribution in [1.82, 2.24) is 19.8 Å². The van der Waals surface area contributed by atoms with Crippen LogP contribution >= 0.6 is 0 Å². The number of H-pyrrole nitrogens is 1. The average molecular weight is 644 g/mol. The number of carboxylic acids is 1. The number of benzene rings is 3. The fraction of sp³-hybridized carbons (Fsp3) is 0.308. The summed E-state index contributed by atoms with van der Waals surface area (Å²) < 4.78 is 6.09. The molecule has 2 fully saturated rings. The molecular formula is C39H41N5O4. The molecule has 2 N–H and O–H groups in total. The van der Waals surface area contributed by atoms with Gasteiger partial charge in [-0.05, 0) is 104 Å². The number of nitrogens with zero attached hydrogens (tertiary/aromatic N) is 4.